The molecule has 0 radical (unpaired) electrons. The number of hydrogen-bond acceptors (Lipinski definition) is 8. The van der Waals surface area contributed by atoms with Gasteiger partial charge in [-0.3, -0.25) is 10.1 Å². The van der Waals surface area contributed by atoms with Crippen molar-refractivity contribution < 1.29 is 9.34 Å². The molecule has 0 N–H and O–H groups in total. The van der Waals surface area contributed by atoms with Crippen molar-refractivity contribution in [3.63, 3.8) is 0 Å². The Kier molecular flexibility index (Phi) is 4.19. The van der Waals surface area contributed by atoms with Crippen LogP contribution in [0.2, 0.25) is 0 Å². The summed E-state index contributed by atoms with van der Waals surface area (Å²) in [6, 6.07) is 6.02. The van der Waals surface area contributed by atoms with Crippen molar-refractivity contribution in [3.8, 4) is 11.5 Å². The molecule has 0 spiro atoms. The second-order valence-electron chi connectivity index (χ2n) is 6.18. The number of nitro groups is 1. The molecule has 26 heavy (non-hydrogen) atoms. The van der Waals surface area contributed by atoms with Gasteiger partial charge in [0.05, 0.1) is 10.2 Å². The molecule has 1 aliphatic carbocycles. The highest BCUT2D eigenvalue weighted by molar-refractivity contribution is 7.99. The van der Waals surface area contributed by atoms with Crippen molar-refractivity contribution in [1.82, 2.24) is 25.0 Å². The second kappa shape index (κ2) is 6.52. The molecule has 1 fully saturated rings. The van der Waals surface area contributed by atoms with Gasteiger partial charge in [0.25, 0.3) is 5.69 Å². The van der Waals surface area contributed by atoms with Crippen molar-refractivity contribution in [2.75, 3.05) is 0 Å². The summed E-state index contributed by atoms with van der Waals surface area (Å²) >= 11 is 1.51. The minimum atomic E-state index is -0.446. The second-order valence-corrected chi connectivity index (χ2v) is 7.49. The Balaban J connectivity index is 1.49. The van der Waals surface area contributed by atoms with Crippen LogP contribution in [0.3, 0.4) is 0 Å². The summed E-state index contributed by atoms with van der Waals surface area (Å²) in [5.74, 6) is 2.37. The number of non-ortho nitro benzene ring substituents is 1. The van der Waals surface area contributed by atoms with Gasteiger partial charge in [-0.25, -0.2) is 0 Å². The molecule has 3 aromatic rings. The van der Waals surface area contributed by atoms with E-state index < -0.39 is 4.92 Å². The van der Waals surface area contributed by atoms with E-state index in [4.69, 9.17) is 4.42 Å². The minimum Gasteiger partial charge on any atom is -0.419 e. The van der Waals surface area contributed by atoms with Crippen LogP contribution in [0, 0.1) is 10.1 Å². The Hall–Kier alpha value is -2.75. The predicted octanol–water partition coefficient (Wildman–Crippen LogP) is 3.50. The van der Waals surface area contributed by atoms with Gasteiger partial charge in [0.15, 0.2) is 5.16 Å². The molecule has 2 heterocycles. The van der Waals surface area contributed by atoms with Crippen LogP contribution in [-0.2, 0) is 7.05 Å². The quantitative estimate of drug-likeness (QED) is 0.367. The van der Waals surface area contributed by atoms with Crippen molar-refractivity contribution in [2.45, 2.75) is 36.1 Å². The molecular weight excluding hydrogens is 356 g/mol. The fourth-order valence-electron chi connectivity index (χ4n) is 2.58. The predicted molar refractivity (Wildman–Crippen MR) is 93.6 cm³/mol. The molecule has 9 nitrogen and oxygen atoms in total. The van der Waals surface area contributed by atoms with Crippen LogP contribution in [0.1, 0.15) is 42.6 Å². The SMILES string of the molecule is C[C@H](Sc1nnc(C2CC2)n1C)c1nnc(-c2ccc([N+](=O)[O-])cc2)o1. The van der Waals surface area contributed by atoms with E-state index in [0.717, 1.165) is 11.0 Å². The van der Waals surface area contributed by atoms with Crippen molar-refractivity contribution in [1.29, 1.82) is 0 Å². The maximum Gasteiger partial charge on any atom is 0.269 e. The molecule has 2 aromatic heterocycles. The van der Waals surface area contributed by atoms with Gasteiger partial charge >= 0.3 is 0 Å². The van der Waals surface area contributed by atoms with Gasteiger partial charge in [-0.15, -0.1) is 20.4 Å². The van der Waals surface area contributed by atoms with Gasteiger partial charge in [0.2, 0.25) is 11.8 Å². The first-order chi connectivity index (χ1) is 12.5. The topological polar surface area (TPSA) is 113 Å². The molecule has 10 heteroatoms. The summed E-state index contributed by atoms with van der Waals surface area (Å²) in [4.78, 5) is 10.3. The Morgan fingerprint density at radius 2 is 1.96 bits per heavy atom. The van der Waals surface area contributed by atoms with Crippen molar-refractivity contribution in [3.05, 3.63) is 46.1 Å². The lowest BCUT2D eigenvalue weighted by molar-refractivity contribution is -0.384. The van der Waals surface area contributed by atoms with E-state index in [9.17, 15) is 10.1 Å². The number of rotatable bonds is 6. The Labute approximate surface area is 153 Å². The number of benzene rings is 1. The highest BCUT2D eigenvalue weighted by Gasteiger charge is 2.30. The molecule has 1 aromatic carbocycles. The molecular formula is C16H16N6O3S. The first-order valence-electron chi connectivity index (χ1n) is 8.17. The fraction of sp³-hybridized carbons (Fsp3) is 0.375. The Bertz CT molecular complexity index is 947. The van der Waals surface area contributed by atoms with Crippen LogP contribution >= 0.6 is 11.8 Å². The zero-order valence-corrected chi connectivity index (χ0v) is 15.0. The van der Waals surface area contributed by atoms with E-state index in [2.05, 4.69) is 20.4 Å². The standard InChI is InChI=1S/C16H16N6O3S/c1-9(26-16-20-17-13(21(16)2)10-3-4-10)14-18-19-15(25-14)11-5-7-12(8-6-11)22(23)24/h5-10H,3-4H2,1-2H3/t9-/m0/s1. The van der Waals surface area contributed by atoms with E-state index in [1.807, 2.05) is 18.5 Å². The van der Waals surface area contributed by atoms with Crippen molar-refractivity contribution >= 4 is 17.4 Å². The summed E-state index contributed by atoms with van der Waals surface area (Å²) in [6.45, 7) is 1.96. The first-order valence-corrected chi connectivity index (χ1v) is 9.05. The highest BCUT2D eigenvalue weighted by atomic mass is 32.2. The maximum atomic E-state index is 10.7. The smallest absolute Gasteiger partial charge is 0.269 e. The summed E-state index contributed by atoms with van der Waals surface area (Å²) < 4.78 is 7.76. The largest absolute Gasteiger partial charge is 0.419 e. The monoisotopic (exact) mass is 372 g/mol. The molecule has 1 atom stereocenters. The van der Waals surface area contributed by atoms with Crippen LogP contribution in [0.4, 0.5) is 5.69 Å². The van der Waals surface area contributed by atoms with Crippen LogP contribution in [0.15, 0.2) is 33.8 Å². The third kappa shape index (κ3) is 3.19. The average molecular weight is 372 g/mol. The normalized spacial score (nSPS) is 15.2. The number of nitro benzene ring substituents is 1. The van der Waals surface area contributed by atoms with Gasteiger partial charge in [-0.2, -0.15) is 0 Å². The lowest BCUT2D eigenvalue weighted by atomic mass is 10.2. The minimum absolute atomic E-state index is 0.0196. The van der Waals surface area contributed by atoms with E-state index in [0.29, 0.717) is 23.3 Å². The molecule has 0 unspecified atom stereocenters. The molecule has 4 rings (SSSR count). The zero-order valence-electron chi connectivity index (χ0n) is 14.2. The average Bonchev–Trinajstić information content (AvgIpc) is 3.24. The summed E-state index contributed by atoms with van der Waals surface area (Å²) in [7, 11) is 1.97. The number of nitrogens with zero attached hydrogens (tertiary/aromatic N) is 6. The lowest BCUT2D eigenvalue weighted by Gasteiger charge is -2.06. The summed E-state index contributed by atoms with van der Waals surface area (Å²) in [5.41, 5.74) is 0.660. The molecule has 0 aliphatic heterocycles. The van der Waals surface area contributed by atoms with Gasteiger partial charge < -0.3 is 8.98 Å². The van der Waals surface area contributed by atoms with E-state index in [1.165, 1.54) is 36.7 Å². The number of aromatic nitrogens is 5. The van der Waals surface area contributed by atoms with Crippen LogP contribution < -0.4 is 0 Å². The Morgan fingerprint density at radius 3 is 2.62 bits per heavy atom. The van der Waals surface area contributed by atoms with Crippen LogP contribution in [0.25, 0.3) is 11.5 Å². The Morgan fingerprint density at radius 1 is 1.23 bits per heavy atom. The van der Waals surface area contributed by atoms with Crippen LogP contribution in [-0.4, -0.2) is 29.9 Å². The van der Waals surface area contributed by atoms with E-state index in [1.54, 1.807) is 12.1 Å². The van der Waals surface area contributed by atoms with Crippen LogP contribution in [0.5, 0.6) is 0 Å². The van der Waals surface area contributed by atoms with Gasteiger partial charge in [0.1, 0.15) is 5.82 Å². The molecule has 0 bridgehead atoms. The third-order valence-electron chi connectivity index (χ3n) is 4.21. The third-order valence-corrected chi connectivity index (χ3v) is 5.33. The lowest BCUT2D eigenvalue weighted by Crippen LogP contribution is -1.98. The maximum absolute atomic E-state index is 10.7. The number of hydrogen-bond donors (Lipinski definition) is 0. The summed E-state index contributed by atoms with van der Waals surface area (Å²) in [5, 5.41) is 28.1. The van der Waals surface area contributed by atoms with Gasteiger partial charge in [-0.05, 0) is 31.9 Å². The van der Waals surface area contributed by atoms with Gasteiger partial charge in [0, 0.05) is 30.7 Å². The molecule has 0 saturated heterocycles. The van der Waals surface area contributed by atoms with E-state index >= 15 is 0 Å². The molecule has 134 valence electrons. The van der Waals surface area contributed by atoms with Gasteiger partial charge in [-0.1, -0.05) is 11.8 Å². The summed E-state index contributed by atoms with van der Waals surface area (Å²) in [6.07, 6.45) is 2.35. The van der Waals surface area contributed by atoms with Crippen molar-refractivity contribution in [2.24, 2.45) is 7.05 Å². The fourth-order valence-corrected chi connectivity index (χ4v) is 3.43. The number of thioether (sulfide) groups is 1. The first kappa shape index (κ1) is 16.7. The molecule has 1 saturated carbocycles. The highest BCUT2D eigenvalue weighted by Crippen LogP contribution is 2.41. The zero-order chi connectivity index (χ0) is 18.3. The molecule has 0 amide bonds. The molecule has 1 aliphatic rings. The van der Waals surface area contributed by atoms with E-state index in [-0.39, 0.29) is 10.9 Å².